The first-order valence-corrected chi connectivity index (χ1v) is 6.85. The fourth-order valence-electron chi connectivity index (χ4n) is 1.02. The summed E-state index contributed by atoms with van der Waals surface area (Å²) in [7, 11) is -4.24. The lowest BCUT2D eigenvalue weighted by Crippen LogP contribution is -2.39. The summed E-state index contributed by atoms with van der Waals surface area (Å²) < 4.78 is 36.3. The molecule has 0 aromatic heterocycles. The van der Waals surface area contributed by atoms with Gasteiger partial charge in [-0.25, -0.2) is 0 Å². The Balaban J connectivity index is 4.39. The molecule has 16 heavy (non-hydrogen) atoms. The minimum absolute atomic E-state index is 0.0883. The first kappa shape index (κ1) is 15.8. The molecule has 0 spiro atoms. The van der Waals surface area contributed by atoms with Crippen molar-refractivity contribution in [3.8, 4) is 0 Å². The second-order valence-corrected chi connectivity index (χ2v) is 6.23. The maximum atomic E-state index is 11.1. The van der Waals surface area contributed by atoms with Gasteiger partial charge in [0, 0.05) is 0 Å². The molecular formula is C10H22O5S. The molecule has 2 unspecified atom stereocenters. The summed E-state index contributed by atoms with van der Waals surface area (Å²) in [5.74, 6) is 0. The molecule has 0 aromatic carbocycles. The Morgan fingerprint density at radius 1 is 1.19 bits per heavy atom. The van der Waals surface area contributed by atoms with Crippen LogP contribution in [-0.4, -0.2) is 35.2 Å². The summed E-state index contributed by atoms with van der Waals surface area (Å²) in [6.45, 7) is 6.52. The molecule has 0 fully saturated rings. The highest BCUT2D eigenvalue weighted by molar-refractivity contribution is 7.87. The van der Waals surface area contributed by atoms with Crippen LogP contribution in [0, 0.1) is 0 Å². The fourth-order valence-corrected chi connectivity index (χ4v) is 1.62. The number of rotatable bonds is 7. The zero-order valence-corrected chi connectivity index (χ0v) is 11.2. The number of ether oxygens (including phenoxy) is 1. The van der Waals surface area contributed by atoms with E-state index >= 15 is 0 Å². The molecule has 0 heterocycles. The molecule has 0 amide bonds. The average Bonchev–Trinajstić information content (AvgIpc) is 2.15. The summed E-state index contributed by atoms with van der Waals surface area (Å²) >= 11 is 0. The van der Waals surface area contributed by atoms with Crippen LogP contribution in [0.4, 0.5) is 0 Å². The van der Waals surface area contributed by atoms with Crippen LogP contribution in [0.1, 0.15) is 47.0 Å². The van der Waals surface area contributed by atoms with E-state index in [0.29, 0.717) is 12.8 Å². The molecular weight excluding hydrogens is 232 g/mol. The van der Waals surface area contributed by atoms with Crippen molar-refractivity contribution in [1.82, 2.24) is 0 Å². The van der Waals surface area contributed by atoms with Crippen molar-refractivity contribution in [2.24, 2.45) is 0 Å². The van der Waals surface area contributed by atoms with E-state index in [-0.39, 0.29) is 13.0 Å². The molecule has 0 saturated carbocycles. The second kappa shape index (κ2) is 5.44. The molecule has 0 aliphatic carbocycles. The Morgan fingerprint density at radius 2 is 1.69 bits per heavy atom. The van der Waals surface area contributed by atoms with E-state index in [9.17, 15) is 13.5 Å². The Hall–Kier alpha value is -0.170. The van der Waals surface area contributed by atoms with E-state index in [1.165, 1.54) is 6.92 Å². The minimum Gasteiger partial charge on any atom is -0.390 e. The first-order valence-electron chi connectivity index (χ1n) is 5.41. The average molecular weight is 254 g/mol. The molecule has 6 heteroatoms. The van der Waals surface area contributed by atoms with Gasteiger partial charge in [-0.3, -0.25) is 4.55 Å². The molecule has 98 valence electrons. The maximum absolute atomic E-state index is 11.1. The highest BCUT2D eigenvalue weighted by atomic mass is 32.2. The van der Waals surface area contributed by atoms with E-state index in [4.69, 9.17) is 9.29 Å². The Labute approximate surface area is 97.6 Å². The lowest BCUT2D eigenvalue weighted by Gasteiger charge is -2.27. The fraction of sp³-hybridized carbons (Fsp3) is 1.00. The first-order chi connectivity index (χ1) is 7.08. The van der Waals surface area contributed by atoms with Gasteiger partial charge in [0.2, 0.25) is 0 Å². The van der Waals surface area contributed by atoms with Crippen LogP contribution in [0.5, 0.6) is 0 Å². The third-order valence-electron chi connectivity index (χ3n) is 3.00. The van der Waals surface area contributed by atoms with Crippen LogP contribution >= 0.6 is 0 Å². The molecule has 0 aromatic rings. The van der Waals surface area contributed by atoms with E-state index in [2.05, 4.69) is 0 Å². The lowest BCUT2D eigenvalue weighted by molar-refractivity contribution is -0.0272. The SMILES string of the molecule is CCC(C)(O)CCOC(C)(CC)S(=O)(=O)O. The van der Waals surface area contributed by atoms with Crippen molar-refractivity contribution < 1.29 is 22.8 Å². The van der Waals surface area contributed by atoms with Crippen LogP contribution in [-0.2, 0) is 14.9 Å². The molecule has 0 rings (SSSR count). The van der Waals surface area contributed by atoms with Crippen molar-refractivity contribution in [2.75, 3.05) is 6.61 Å². The van der Waals surface area contributed by atoms with Crippen molar-refractivity contribution >= 4 is 10.1 Å². The third-order valence-corrected chi connectivity index (χ3v) is 4.50. The predicted molar refractivity (Wildman–Crippen MR) is 61.7 cm³/mol. The van der Waals surface area contributed by atoms with Crippen LogP contribution in [0.2, 0.25) is 0 Å². The van der Waals surface area contributed by atoms with Gasteiger partial charge in [-0.05, 0) is 33.1 Å². The zero-order chi connectivity index (χ0) is 13.0. The summed E-state index contributed by atoms with van der Waals surface area (Å²) in [6.07, 6.45) is 1.04. The third kappa shape index (κ3) is 4.37. The molecule has 5 nitrogen and oxygen atoms in total. The Kier molecular flexibility index (Phi) is 5.38. The number of hydrogen-bond donors (Lipinski definition) is 2. The normalized spacial score (nSPS) is 20.1. The van der Waals surface area contributed by atoms with Gasteiger partial charge in [-0.15, -0.1) is 0 Å². The van der Waals surface area contributed by atoms with Gasteiger partial charge in [0.1, 0.15) is 0 Å². The van der Waals surface area contributed by atoms with Crippen molar-refractivity contribution in [1.29, 1.82) is 0 Å². The van der Waals surface area contributed by atoms with Crippen molar-refractivity contribution in [3.63, 3.8) is 0 Å². The maximum Gasteiger partial charge on any atom is 0.294 e. The van der Waals surface area contributed by atoms with Crippen LogP contribution < -0.4 is 0 Å². The molecule has 0 aliphatic heterocycles. The van der Waals surface area contributed by atoms with Gasteiger partial charge in [0.05, 0.1) is 12.2 Å². The Bertz CT molecular complexity index is 309. The Morgan fingerprint density at radius 3 is 2.00 bits per heavy atom. The van der Waals surface area contributed by atoms with Gasteiger partial charge in [-0.2, -0.15) is 8.42 Å². The second-order valence-electron chi connectivity index (χ2n) is 4.41. The topological polar surface area (TPSA) is 83.8 Å². The summed E-state index contributed by atoms with van der Waals surface area (Å²) in [6, 6.07) is 0. The monoisotopic (exact) mass is 254 g/mol. The van der Waals surface area contributed by atoms with Gasteiger partial charge < -0.3 is 9.84 Å². The van der Waals surface area contributed by atoms with Crippen molar-refractivity contribution in [3.05, 3.63) is 0 Å². The van der Waals surface area contributed by atoms with Gasteiger partial charge in [0.15, 0.2) is 4.93 Å². The quantitative estimate of drug-likeness (QED) is 0.674. The van der Waals surface area contributed by atoms with E-state index in [1.807, 2.05) is 6.92 Å². The van der Waals surface area contributed by atoms with Gasteiger partial charge >= 0.3 is 0 Å². The largest absolute Gasteiger partial charge is 0.390 e. The molecule has 0 saturated heterocycles. The van der Waals surface area contributed by atoms with E-state index in [1.54, 1.807) is 13.8 Å². The molecule has 0 bridgehead atoms. The number of aliphatic hydroxyl groups is 1. The lowest BCUT2D eigenvalue weighted by atomic mass is 10.0. The highest BCUT2D eigenvalue weighted by Crippen LogP contribution is 2.23. The highest BCUT2D eigenvalue weighted by Gasteiger charge is 2.37. The molecule has 0 radical (unpaired) electrons. The summed E-state index contributed by atoms with van der Waals surface area (Å²) in [5, 5.41) is 9.70. The standard InChI is InChI=1S/C10H22O5S/c1-5-9(3,11)7-8-15-10(4,6-2)16(12,13)14/h11H,5-8H2,1-4H3,(H,12,13,14). The van der Waals surface area contributed by atoms with Gasteiger partial charge in [-0.1, -0.05) is 13.8 Å². The summed E-state index contributed by atoms with van der Waals surface area (Å²) in [5.41, 5.74) is -0.867. The molecule has 0 aliphatic rings. The van der Waals surface area contributed by atoms with Crippen molar-refractivity contribution in [2.45, 2.75) is 57.5 Å². The van der Waals surface area contributed by atoms with Crippen LogP contribution in [0.15, 0.2) is 0 Å². The van der Waals surface area contributed by atoms with E-state index < -0.39 is 20.7 Å². The predicted octanol–water partition coefficient (Wildman–Crippen LogP) is 1.57. The smallest absolute Gasteiger partial charge is 0.294 e. The van der Waals surface area contributed by atoms with Crippen LogP contribution in [0.25, 0.3) is 0 Å². The molecule has 2 atom stereocenters. The van der Waals surface area contributed by atoms with E-state index in [0.717, 1.165) is 0 Å². The number of hydrogen-bond acceptors (Lipinski definition) is 4. The van der Waals surface area contributed by atoms with Gasteiger partial charge in [0.25, 0.3) is 10.1 Å². The summed E-state index contributed by atoms with van der Waals surface area (Å²) in [4.78, 5) is -1.59. The minimum atomic E-state index is -4.24. The zero-order valence-electron chi connectivity index (χ0n) is 10.4. The van der Waals surface area contributed by atoms with Crippen LogP contribution in [0.3, 0.4) is 0 Å². The molecule has 2 N–H and O–H groups in total.